The number of amides is 1. The smallest absolute Gasteiger partial charge is 0.300 e. The van der Waals surface area contributed by atoms with E-state index in [1.807, 2.05) is 38.1 Å². The first-order chi connectivity index (χ1) is 17.2. The van der Waals surface area contributed by atoms with E-state index in [9.17, 15) is 14.7 Å². The molecule has 3 aromatic carbocycles. The largest absolute Gasteiger partial charge is 0.507 e. The van der Waals surface area contributed by atoms with Crippen molar-refractivity contribution in [2.75, 3.05) is 18.6 Å². The fourth-order valence-corrected chi connectivity index (χ4v) is 4.23. The van der Waals surface area contributed by atoms with E-state index in [0.717, 1.165) is 11.1 Å². The molecule has 4 rings (SSSR count). The number of aliphatic hydroxyl groups excluding tert-OH is 1. The Balaban J connectivity index is 1.85. The molecule has 0 aliphatic carbocycles. The number of nitrogens with zero attached hydrogens (tertiary/aromatic N) is 1. The van der Waals surface area contributed by atoms with Crippen molar-refractivity contribution in [3.8, 4) is 11.5 Å². The number of ketones is 1. The van der Waals surface area contributed by atoms with Crippen LogP contribution in [0.15, 0.2) is 72.3 Å². The Labute approximate surface area is 211 Å². The number of methoxy groups -OCH3 is 1. The molecule has 0 spiro atoms. The summed E-state index contributed by atoms with van der Waals surface area (Å²) in [5.74, 6) is -0.0292. The molecule has 6 heteroatoms. The predicted octanol–water partition coefficient (Wildman–Crippen LogP) is 5.97. The van der Waals surface area contributed by atoms with Crippen molar-refractivity contribution in [2.24, 2.45) is 5.92 Å². The molecule has 1 heterocycles. The van der Waals surface area contributed by atoms with E-state index in [1.165, 1.54) is 4.90 Å². The van der Waals surface area contributed by atoms with E-state index in [0.29, 0.717) is 40.8 Å². The Bertz CT molecular complexity index is 1320. The van der Waals surface area contributed by atoms with Gasteiger partial charge in [0.1, 0.15) is 17.3 Å². The van der Waals surface area contributed by atoms with Crippen LogP contribution in [-0.2, 0) is 9.59 Å². The summed E-state index contributed by atoms with van der Waals surface area (Å²) in [6.45, 7) is 8.64. The average Bonchev–Trinajstić information content (AvgIpc) is 3.14. The van der Waals surface area contributed by atoms with Crippen molar-refractivity contribution in [1.82, 2.24) is 0 Å². The molecule has 0 bridgehead atoms. The van der Waals surface area contributed by atoms with Gasteiger partial charge in [-0.3, -0.25) is 14.5 Å². The van der Waals surface area contributed by atoms with E-state index < -0.39 is 17.7 Å². The minimum atomic E-state index is -0.820. The van der Waals surface area contributed by atoms with Crippen molar-refractivity contribution >= 4 is 23.1 Å². The topological polar surface area (TPSA) is 76.1 Å². The third-order valence-corrected chi connectivity index (χ3v) is 6.33. The van der Waals surface area contributed by atoms with Gasteiger partial charge in [-0.25, -0.2) is 0 Å². The molecule has 1 atom stereocenters. The zero-order valence-corrected chi connectivity index (χ0v) is 21.2. The third kappa shape index (κ3) is 4.85. The van der Waals surface area contributed by atoms with Gasteiger partial charge in [-0.2, -0.15) is 0 Å². The highest BCUT2D eigenvalue weighted by molar-refractivity contribution is 6.51. The summed E-state index contributed by atoms with van der Waals surface area (Å²) in [4.78, 5) is 28.2. The summed E-state index contributed by atoms with van der Waals surface area (Å²) in [6, 6.07) is 18.9. The number of hydrogen-bond donors (Lipinski definition) is 1. The Morgan fingerprint density at radius 2 is 1.67 bits per heavy atom. The minimum Gasteiger partial charge on any atom is -0.507 e. The average molecular weight is 486 g/mol. The van der Waals surface area contributed by atoms with Crippen molar-refractivity contribution < 1.29 is 24.2 Å². The molecule has 186 valence electrons. The highest BCUT2D eigenvalue weighted by Gasteiger charge is 2.47. The van der Waals surface area contributed by atoms with E-state index in [-0.39, 0.29) is 11.3 Å². The molecule has 1 amide bonds. The molecule has 3 aromatic rings. The summed E-state index contributed by atoms with van der Waals surface area (Å²) in [5.41, 5.74) is 3.78. The molecule has 1 aliphatic rings. The van der Waals surface area contributed by atoms with Crippen molar-refractivity contribution in [3.05, 3.63) is 94.6 Å². The molecule has 6 nitrogen and oxygen atoms in total. The molecule has 1 N–H and O–H groups in total. The van der Waals surface area contributed by atoms with Gasteiger partial charge in [0.2, 0.25) is 0 Å². The van der Waals surface area contributed by atoms with Crippen LogP contribution in [0.5, 0.6) is 11.5 Å². The minimum absolute atomic E-state index is 0.0299. The molecule has 1 saturated heterocycles. The number of aliphatic hydroxyl groups is 1. The number of anilines is 1. The maximum Gasteiger partial charge on any atom is 0.300 e. The number of benzene rings is 3. The number of hydrogen-bond acceptors (Lipinski definition) is 5. The van der Waals surface area contributed by atoms with Crippen LogP contribution >= 0.6 is 0 Å². The highest BCUT2D eigenvalue weighted by Crippen LogP contribution is 2.43. The van der Waals surface area contributed by atoms with E-state index in [1.54, 1.807) is 49.6 Å². The lowest BCUT2D eigenvalue weighted by Crippen LogP contribution is -2.29. The van der Waals surface area contributed by atoms with E-state index in [2.05, 4.69) is 13.8 Å². The van der Waals surface area contributed by atoms with Crippen LogP contribution in [0, 0.1) is 19.8 Å². The Morgan fingerprint density at radius 1 is 0.944 bits per heavy atom. The van der Waals surface area contributed by atoms with Gasteiger partial charge in [0.15, 0.2) is 0 Å². The lowest BCUT2D eigenvalue weighted by atomic mass is 9.94. The Kier molecular flexibility index (Phi) is 7.15. The van der Waals surface area contributed by atoms with Crippen LogP contribution in [0.2, 0.25) is 0 Å². The maximum atomic E-state index is 13.4. The van der Waals surface area contributed by atoms with Gasteiger partial charge in [-0.15, -0.1) is 0 Å². The first kappa shape index (κ1) is 25.0. The summed E-state index contributed by atoms with van der Waals surface area (Å²) < 4.78 is 11.1. The molecule has 1 unspecified atom stereocenters. The molecular formula is C30H31NO5. The van der Waals surface area contributed by atoms with Crippen LogP contribution in [-0.4, -0.2) is 30.5 Å². The zero-order valence-electron chi connectivity index (χ0n) is 21.2. The van der Waals surface area contributed by atoms with Crippen LogP contribution in [0.3, 0.4) is 0 Å². The second kappa shape index (κ2) is 10.3. The van der Waals surface area contributed by atoms with Crippen molar-refractivity contribution in [3.63, 3.8) is 0 Å². The summed E-state index contributed by atoms with van der Waals surface area (Å²) in [6.07, 6.45) is 0. The summed E-state index contributed by atoms with van der Waals surface area (Å²) in [5, 5.41) is 11.3. The van der Waals surface area contributed by atoms with E-state index in [4.69, 9.17) is 9.47 Å². The van der Waals surface area contributed by atoms with Gasteiger partial charge >= 0.3 is 0 Å². The lowest BCUT2D eigenvalue weighted by Gasteiger charge is -2.26. The first-order valence-electron chi connectivity index (χ1n) is 12.0. The third-order valence-electron chi connectivity index (χ3n) is 6.33. The fraction of sp³-hybridized carbons (Fsp3) is 0.267. The maximum absolute atomic E-state index is 13.4. The van der Waals surface area contributed by atoms with Gasteiger partial charge in [-0.1, -0.05) is 32.0 Å². The number of carbonyl (C=O) groups is 2. The van der Waals surface area contributed by atoms with Crippen molar-refractivity contribution in [1.29, 1.82) is 0 Å². The van der Waals surface area contributed by atoms with Gasteiger partial charge in [0.05, 0.1) is 25.3 Å². The van der Waals surface area contributed by atoms with Crippen LogP contribution in [0.25, 0.3) is 5.76 Å². The van der Waals surface area contributed by atoms with Crippen LogP contribution in [0.4, 0.5) is 5.69 Å². The summed E-state index contributed by atoms with van der Waals surface area (Å²) in [7, 11) is 1.56. The standard InChI is InChI=1S/C30H31NO5/c1-18(2)17-36-24-13-10-21(11-14-24)28(32)26-27(22-7-6-8-25(16-22)35-5)31(30(34)29(26)33)23-12-9-19(3)20(4)15-23/h6-16,18,27,32H,17H2,1-5H3/b28-26+. The number of Topliss-reactive ketones (excluding diaryl/α,β-unsaturated/α-hetero) is 1. The van der Waals surface area contributed by atoms with E-state index >= 15 is 0 Å². The molecule has 36 heavy (non-hydrogen) atoms. The normalized spacial score (nSPS) is 17.1. The van der Waals surface area contributed by atoms with Gasteiger partial charge in [0.25, 0.3) is 11.7 Å². The van der Waals surface area contributed by atoms with Gasteiger partial charge in [0, 0.05) is 11.3 Å². The SMILES string of the molecule is COc1cccc(C2/C(=C(\O)c3ccc(OCC(C)C)cc3)C(=O)C(=O)N2c2ccc(C)c(C)c2)c1. The second-order valence-corrected chi connectivity index (χ2v) is 9.44. The first-order valence-corrected chi connectivity index (χ1v) is 12.0. The number of carbonyl (C=O) groups excluding carboxylic acids is 2. The quantitative estimate of drug-likeness (QED) is 0.253. The number of aryl methyl sites for hydroxylation is 2. The molecule has 1 aliphatic heterocycles. The molecular weight excluding hydrogens is 454 g/mol. The van der Waals surface area contributed by atoms with Gasteiger partial charge < -0.3 is 14.6 Å². The lowest BCUT2D eigenvalue weighted by molar-refractivity contribution is -0.132. The Hall–Kier alpha value is -4.06. The monoisotopic (exact) mass is 485 g/mol. The molecule has 0 radical (unpaired) electrons. The second-order valence-electron chi connectivity index (χ2n) is 9.44. The van der Waals surface area contributed by atoms with Crippen LogP contribution in [0.1, 0.15) is 42.1 Å². The zero-order chi connectivity index (χ0) is 26.0. The number of rotatable bonds is 7. The summed E-state index contributed by atoms with van der Waals surface area (Å²) >= 11 is 0. The van der Waals surface area contributed by atoms with Crippen molar-refractivity contribution in [2.45, 2.75) is 33.7 Å². The fourth-order valence-electron chi connectivity index (χ4n) is 4.23. The molecule has 1 fully saturated rings. The predicted molar refractivity (Wildman–Crippen MR) is 140 cm³/mol. The highest BCUT2D eigenvalue weighted by atomic mass is 16.5. The number of ether oxygens (including phenoxy) is 2. The molecule has 0 aromatic heterocycles. The Morgan fingerprint density at radius 3 is 2.31 bits per heavy atom. The van der Waals surface area contributed by atoms with Gasteiger partial charge in [-0.05, 0) is 85.0 Å². The van der Waals surface area contributed by atoms with Crippen LogP contribution < -0.4 is 14.4 Å². The molecule has 0 saturated carbocycles.